The highest BCUT2D eigenvalue weighted by Crippen LogP contribution is 2.29. The van der Waals surface area contributed by atoms with Crippen molar-refractivity contribution < 1.29 is 28.6 Å². The third-order valence-electron chi connectivity index (χ3n) is 6.92. The van der Waals surface area contributed by atoms with Gasteiger partial charge in [0.2, 0.25) is 11.8 Å². The number of hydrogen-bond acceptors (Lipinski definition) is 6. The quantitative estimate of drug-likeness (QED) is 0.496. The van der Waals surface area contributed by atoms with Crippen LogP contribution in [0.15, 0.2) is 42.5 Å². The number of hydrogen-bond donors (Lipinski definition) is 0. The highest BCUT2D eigenvalue weighted by Gasteiger charge is 2.34. The molecule has 1 saturated heterocycles. The number of ether oxygens (including phenoxy) is 3. The van der Waals surface area contributed by atoms with Crippen LogP contribution in [0.5, 0.6) is 11.5 Å². The molecule has 0 aliphatic carbocycles. The minimum atomic E-state index is -0.598. The fourth-order valence-corrected chi connectivity index (χ4v) is 4.97. The number of fused-ring (bicyclic) bond motifs is 1. The maximum atomic E-state index is 13.0. The lowest BCUT2D eigenvalue weighted by molar-refractivity contribution is -0.157. The molecule has 2 aliphatic heterocycles. The summed E-state index contributed by atoms with van der Waals surface area (Å²) in [7, 11) is 3.16. The van der Waals surface area contributed by atoms with Crippen LogP contribution in [0, 0.1) is 0 Å². The average molecular weight is 495 g/mol. The highest BCUT2D eigenvalue weighted by molar-refractivity contribution is 5.97. The van der Waals surface area contributed by atoms with E-state index >= 15 is 0 Å². The lowest BCUT2D eigenvalue weighted by Gasteiger charge is -2.34. The van der Waals surface area contributed by atoms with E-state index in [0.717, 1.165) is 36.1 Å². The molecule has 0 saturated carbocycles. The van der Waals surface area contributed by atoms with Crippen LogP contribution in [0.1, 0.15) is 43.2 Å². The molecular weight excluding hydrogens is 460 g/mol. The van der Waals surface area contributed by atoms with Crippen molar-refractivity contribution in [3.05, 3.63) is 53.6 Å². The molecular formula is C28H34N2O6. The van der Waals surface area contributed by atoms with E-state index in [9.17, 15) is 14.4 Å². The molecule has 2 aromatic rings. The van der Waals surface area contributed by atoms with Crippen LogP contribution >= 0.6 is 0 Å². The zero-order valence-electron chi connectivity index (χ0n) is 21.0. The van der Waals surface area contributed by atoms with Crippen molar-refractivity contribution in [1.29, 1.82) is 0 Å². The second kappa shape index (κ2) is 11.9. The van der Waals surface area contributed by atoms with Gasteiger partial charge in [-0.15, -0.1) is 0 Å². The number of piperidine rings is 1. The second-order valence-corrected chi connectivity index (χ2v) is 9.13. The fraction of sp³-hybridized carbons (Fsp3) is 0.464. The molecule has 2 amide bonds. The van der Waals surface area contributed by atoms with Crippen molar-refractivity contribution in [1.82, 2.24) is 4.90 Å². The summed E-state index contributed by atoms with van der Waals surface area (Å²) >= 11 is 0. The molecule has 1 fully saturated rings. The first-order valence-corrected chi connectivity index (χ1v) is 12.6. The Morgan fingerprint density at radius 3 is 2.50 bits per heavy atom. The van der Waals surface area contributed by atoms with Gasteiger partial charge in [0.1, 0.15) is 6.04 Å². The van der Waals surface area contributed by atoms with Crippen LogP contribution in [0.4, 0.5) is 5.69 Å². The Hall–Kier alpha value is -3.55. The summed E-state index contributed by atoms with van der Waals surface area (Å²) in [6.07, 6.45) is 3.86. The maximum Gasteiger partial charge on any atom is 0.328 e. The van der Waals surface area contributed by atoms with E-state index in [1.165, 1.54) is 0 Å². The van der Waals surface area contributed by atoms with Crippen molar-refractivity contribution in [2.45, 2.75) is 51.0 Å². The summed E-state index contributed by atoms with van der Waals surface area (Å²) in [4.78, 5) is 42.1. The number of esters is 1. The Morgan fingerprint density at radius 1 is 0.917 bits per heavy atom. The van der Waals surface area contributed by atoms with E-state index in [2.05, 4.69) is 0 Å². The monoisotopic (exact) mass is 494 g/mol. The fourth-order valence-electron chi connectivity index (χ4n) is 4.97. The first-order chi connectivity index (χ1) is 17.5. The van der Waals surface area contributed by atoms with Crippen molar-refractivity contribution in [2.24, 2.45) is 0 Å². The Morgan fingerprint density at radius 2 is 1.69 bits per heavy atom. The lowest BCUT2D eigenvalue weighted by atomic mass is 10.0. The Balaban J connectivity index is 1.28. The van der Waals surface area contributed by atoms with Gasteiger partial charge in [0.15, 0.2) is 11.5 Å². The van der Waals surface area contributed by atoms with Gasteiger partial charge in [-0.25, -0.2) is 4.79 Å². The SMILES string of the molecule is COc1ccc(CCOC(=O)C2CCCCN2C(=O)CCC(=O)N2CCc3ccccc32)cc1OC. The summed E-state index contributed by atoms with van der Waals surface area (Å²) in [6.45, 7) is 1.36. The molecule has 192 valence electrons. The number of benzene rings is 2. The molecule has 0 aromatic heterocycles. The molecule has 8 heteroatoms. The minimum Gasteiger partial charge on any atom is -0.493 e. The largest absolute Gasteiger partial charge is 0.493 e. The zero-order valence-corrected chi connectivity index (χ0v) is 21.0. The minimum absolute atomic E-state index is 0.0562. The van der Waals surface area contributed by atoms with E-state index in [0.29, 0.717) is 37.4 Å². The zero-order chi connectivity index (χ0) is 25.5. The number of carbonyl (C=O) groups is 3. The molecule has 2 aromatic carbocycles. The number of anilines is 1. The molecule has 0 spiro atoms. The van der Waals surface area contributed by atoms with E-state index in [4.69, 9.17) is 14.2 Å². The van der Waals surface area contributed by atoms with Gasteiger partial charge >= 0.3 is 5.97 Å². The third kappa shape index (κ3) is 5.80. The van der Waals surface area contributed by atoms with Crippen molar-refractivity contribution in [3.63, 3.8) is 0 Å². The normalized spacial score (nSPS) is 16.9. The molecule has 4 rings (SSSR count). The molecule has 0 N–H and O–H groups in total. The molecule has 2 heterocycles. The topological polar surface area (TPSA) is 85.4 Å². The molecule has 1 unspecified atom stereocenters. The summed E-state index contributed by atoms with van der Waals surface area (Å²) in [5.41, 5.74) is 3.05. The maximum absolute atomic E-state index is 13.0. The standard InChI is InChI=1S/C28H34N2O6/c1-34-24-11-10-20(19-25(24)35-2)15-18-36-28(33)23-9-5-6-16-29(23)26(31)12-13-27(32)30-17-14-21-7-3-4-8-22(21)30/h3-4,7-8,10-11,19,23H,5-6,9,12-18H2,1-2H3. The van der Waals surface area contributed by atoms with Crippen LogP contribution in [0.25, 0.3) is 0 Å². The Bertz CT molecular complexity index is 1100. The first kappa shape index (κ1) is 25.5. The number of methoxy groups -OCH3 is 2. The Labute approximate surface area is 212 Å². The summed E-state index contributed by atoms with van der Waals surface area (Å²) in [6, 6.07) is 12.9. The molecule has 2 aliphatic rings. The molecule has 1 atom stereocenters. The second-order valence-electron chi connectivity index (χ2n) is 9.13. The predicted octanol–water partition coefficient (Wildman–Crippen LogP) is 3.54. The summed E-state index contributed by atoms with van der Waals surface area (Å²) < 4.78 is 16.1. The van der Waals surface area contributed by atoms with Crippen LogP contribution in [0.3, 0.4) is 0 Å². The van der Waals surface area contributed by atoms with Crippen molar-refractivity contribution in [2.75, 3.05) is 38.8 Å². The molecule has 36 heavy (non-hydrogen) atoms. The van der Waals surface area contributed by atoms with Gasteiger partial charge in [0, 0.05) is 38.0 Å². The number of nitrogens with zero attached hydrogens (tertiary/aromatic N) is 2. The number of amides is 2. The van der Waals surface area contributed by atoms with E-state index < -0.39 is 6.04 Å². The third-order valence-corrected chi connectivity index (χ3v) is 6.92. The number of para-hydroxylation sites is 1. The number of rotatable bonds is 9. The van der Waals surface area contributed by atoms with Gasteiger partial charge in [0.05, 0.1) is 20.8 Å². The Kier molecular flexibility index (Phi) is 8.46. The van der Waals surface area contributed by atoms with Crippen molar-refractivity contribution in [3.8, 4) is 11.5 Å². The van der Waals surface area contributed by atoms with Crippen molar-refractivity contribution >= 4 is 23.5 Å². The van der Waals surface area contributed by atoms with E-state index in [-0.39, 0.29) is 37.2 Å². The van der Waals surface area contributed by atoms with Crippen LogP contribution in [-0.4, -0.2) is 62.6 Å². The van der Waals surface area contributed by atoms with Gasteiger partial charge in [-0.3, -0.25) is 9.59 Å². The first-order valence-electron chi connectivity index (χ1n) is 12.6. The lowest BCUT2D eigenvalue weighted by Crippen LogP contribution is -2.49. The van der Waals surface area contributed by atoms with E-state index in [1.807, 2.05) is 42.5 Å². The molecule has 0 radical (unpaired) electrons. The average Bonchev–Trinajstić information content (AvgIpc) is 3.35. The van der Waals surface area contributed by atoms with Gasteiger partial charge in [-0.2, -0.15) is 0 Å². The van der Waals surface area contributed by atoms with Crippen LogP contribution in [0.2, 0.25) is 0 Å². The van der Waals surface area contributed by atoms with Gasteiger partial charge in [-0.05, 0) is 55.0 Å². The van der Waals surface area contributed by atoms with Gasteiger partial charge < -0.3 is 24.0 Å². The van der Waals surface area contributed by atoms with E-state index in [1.54, 1.807) is 24.0 Å². The number of carbonyl (C=O) groups excluding carboxylic acids is 3. The van der Waals surface area contributed by atoms with Gasteiger partial charge in [0.25, 0.3) is 0 Å². The highest BCUT2D eigenvalue weighted by atomic mass is 16.5. The van der Waals surface area contributed by atoms with Gasteiger partial charge in [-0.1, -0.05) is 24.3 Å². The molecule has 8 nitrogen and oxygen atoms in total. The predicted molar refractivity (Wildman–Crippen MR) is 135 cm³/mol. The smallest absolute Gasteiger partial charge is 0.328 e. The van der Waals surface area contributed by atoms with Crippen LogP contribution in [-0.2, 0) is 32.0 Å². The molecule has 0 bridgehead atoms. The van der Waals surface area contributed by atoms with Crippen LogP contribution < -0.4 is 14.4 Å². The number of likely N-dealkylation sites (tertiary alicyclic amines) is 1. The summed E-state index contributed by atoms with van der Waals surface area (Å²) in [5, 5.41) is 0. The summed E-state index contributed by atoms with van der Waals surface area (Å²) in [5.74, 6) is 0.652.